The molecule has 8 heteroatoms. The standard InChI is InChI=1S/C7H4F2N2O4/c8-7(9)4-1-5(10(12)13)3-6(2-4)11(14)15/h1-3,7H. The summed E-state index contributed by atoms with van der Waals surface area (Å²) in [5.74, 6) is 0. The van der Waals surface area contributed by atoms with Gasteiger partial charge < -0.3 is 0 Å². The first-order valence-electron chi connectivity index (χ1n) is 3.63. The SMILES string of the molecule is O=[N+]([O-])c1cc(C(F)F)cc([N+](=O)[O-])c1. The first-order chi connectivity index (χ1) is 6.91. The smallest absolute Gasteiger partial charge is 0.258 e. The van der Waals surface area contributed by atoms with Gasteiger partial charge in [0.15, 0.2) is 0 Å². The lowest BCUT2D eigenvalue weighted by Gasteiger charge is -1.99. The maximum absolute atomic E-state index is 12.2. The van der Waals surface area contributed by atoms with E-state index in [1.165, 1.54) is 0 Å². The third-order valence-corrected chi connectivity index (χ3v) is 1.60. The lowest BCUT2D eigenvalue weighted by atomic mass is 10.2. The second-order valence-electron chi connectivity index (χ2n) is 2.60. The van der Waals surface area contributed by atoms with E-state index < -0.39 is 33.2 Å². The zero-order chi connectivity index (χ0) is 11.6. The normalized spacial score (nSPS) is 10.3. The van der Waals surface area contributed by atoms with Gasteiger partial charge in [-0.25, -0.2) is 8.78 Å². The minimum absolute atomic E-state index is 0.609. The van der Waals surface area contributed by atoms with Gasteiger partial charge in [-0.15, -0.1) is 0 Å². The molecule has 0 fully saturated rings. The third kappa shape index (κ3) is 2.42. The molecule has 0 aliphatic heterocycles. The minimum Gasteiger partial charge on any atom is -0.258 e. The number of nitrogens with zero attached hydrogens (tertiary/aromatic N) is 2. The first kappa shape index (κ1) is 11.0. The van der Waals surface area contributed by atoms with Gasteiger partial charge in [-0.2, -0.15) is 0 Å². The van der Waals surface area contributed by atoms with Crippen molar-refractivity contribution in [3.05, 3.63) is 44.0 Å². The second-order valence-corrected chi connectivity index (χ2v) is 2.60. The summed E-state index contributed by atoms with van der Waals surface area (Å²) >= 11 is 0. The maximum Gasteiger partial charge on any atom is 0.276 e. The lowest BCUT2D eigenvalue weighted by Crippen LogP contribution is -1.95. The predicted molar refractivity (Wildman–Crippen MR) is 44.7 cm³/mol. The number of alkyl halides is 2. The first-order valence-corrected chi connectivity index (χ1v) is 3.63. The highest BCUT2D eigenvalue weighted by Crippen LogP contribution is 2.28. The van der Waals surface area contributed by atoms with Crippen LogP contribution in [0.1, 0.15) is 12.0 Å². The molecule has 0 saturated heterocycles. The predicted octanol–water partition coefficient (Wildman–Crippen LogP) is 2.44. The van der Waals surface area contributed by atoms with Crippen LogP contribution in [0.25, 0.3) is 0 Å². The average molecular weight is 218 g/mol. The van der Waals surface area contributed by atoms with Crippen molar-refractivity contribution in [3.8, 4) is 0 Å². The Morgan fingerprint density at radius 2 is 1.40 bits per heavy atom. The molecule has 1 aromatic rings. The van der Waals surface area contributed by atoms with Crippen LogP contribution in [-0.2, 0) is 0 Å². The summed E-state index contributed by atoms with van der Waals surface area (Å²) in [4.78, 5) is 18.7. The van der Waals surface area contributed by atoms with Crippen molar-refractivity contribution in [1.82, 2.24) is 0 Å². The van der Waals surface area contributed by atoms with Gasteiger partial charge in [0.1, 0.15) is 0 Å². The molecule has 0 bridgehead atoms. The summed E-state index contributed by atoms with van der Waals surface area (Å²) in [6.45, 7) is 0. The molecule has 0 aliphatic carbocycles. The molecule has 1 aromatic carbocycles. The van der Waals surface area contributed by atoms with Crippen molar-refractivity contribution >= 4 is 11.4 Å². The molecule has 0 saturated carbocycles. The Kier molecular flexibility index (Phi) is 2.88. The van der Waals surface area contributed by atoms with Gasteiger partial charge >= 0.3 is 0 Å². The second kappa shape index (κ2) is 3.95. The molecule has 0 atom stereocenters. The summed E-state index contributed by atoms with van der Waals surface area (Å²) in [6.07, 6.45) is -2.98. The molecular weight excluding hydrogens is 214 g/mol. The Morgan fingerprint density at radius 1 is 1.00 bits per heavy atom. The van der Waals surface area contributed by atoms with Crippen LogP contribution < -0.4 is 0 Å². The van der Waals surface area contributed by atoms with E-state index in [2.05, 4.69) is 0 Å². The van der Waals surface area contributed by atoms with Crippen molar-refractivity contribution in [2.45, 2.75) is 6.43 Å². The number of rotatable bonds is 3. The van der Waals surface area contributed by atoms with Crippen LogP contribution in [-0.4, -0.2) is 9.85 Å². The fourth-order valence-corrected chi connectivity index (χ4v) is 0.955. The van der Waals surface area contributed by atoms with Gasteiger partial charge in [0.25, 0.3) is 17.8 Å². The van der Waals surface area contributed by atoms with Crippen molar-refractivity contribution in [3.63, 3.8) is 0 Å². The number of non-ortho nitro benzene ring substituents is 2. The van der Waals surface area contributed by atoms with E-state index in [-0.39, 0.29) is 0 Å². The van der Waals surface area contributed by atoms with E-state index in [0.717, 1.165) is 0 Å². The van der Waals surface area contributed by atoms with Gasteiger partial charge in [0, 0.05) is 17.7 Å². The molecule has 80 valence electrons. The highest BCUT2D eigenvalue weighted by Gasteiger charge is 2.20. The van der Waals surface area contributed by atoms with Crippen LogP contribution in [0.4, 0.5) is 20.2 Å². The van der Waals surface area contributed by atoms with Crippen molar-refractivity contribution in [2.75, 3.05) is 0 Å². The molecule has 6 nitrogen and oxygen atoms in total. The molecule has 0 heterocycles. The number of nitro groups is 2. The number of hydrogen-bond acceptors (Lipinski definition) is 4. The van der Waals surface area contributed by atoms with E-state index in [0.29, 0.717) is 18.2 Å². The van der Waals surface area contributed by atoms with Gasteiger partial charge in [0.05, 0.1) is 15.9 Å². The van der Waals surface area contributed by atoms with Gasteiger partial charge in [-0.05, 0) is 0 Å². The third-order valence-electron chi connectivity index (χ3n) is 1.60. The number of benzene rings is 1. The Morgan fingerprint density at radius 3 is 1.67 bits per heavy atom. The summed E-state index contributed by atoms with van der Waals surface area (Å²) in [5, 5.41) is 20.6. The van der Waals surface area contributed by atoms with Crippen molar-refractivity contribution in [1.29, 1.82) is 0 Å². The summed E-state index contributed by atoms with van der Waals surface area (Å²) < 4.78 is 24.4. The molecule has 0 aliphatic rings. The zero-order valence-corrected chi connectivity index (χ0v) is 7.09. The summed E-state index contributed by atoms with van der Waals surface area (Å²) in [6, 6.07) is 1.85. The molecule has 0 unspecified atom stereocenters. The number of nitro benzene ring substituents is 2. The Balaban J connectivity index is 3.32. The van der Waals surface area contributed by atoms with Crippen LogP contribution >= 0.6 is 0 Å². The fraction of sp³-hybridized carbons (Fsp3) is 0.143. The molecule has 0 spiro atoms. The van der Waals surface area contributed by atoms with E-state index >= 15 is 0 Å². The fourth-order valence-electron chi connectivity index (χ4n) is 0.955. The van der Waals surface area contributed by atoms with Crippen LogP contribution in [0.5, 0.6) is 0 Å². The van der Waals surface area contributed by atoms with Crippen molar-refractivity contribution in [2.24, 2.45) is 0 Å². The topological polar surface area (TPSA) is 86.3 Å². The maximum atomic E-state index is 12.2. The molecule has 0 N–H and O–H groups in total. The molecule has 15 heavy (non-hydrogen) atoms. The molecule has 0 aromatic heterocycles. The zero-order valence-electron chi connectivity index (χ0n) is 7.09. The molecule has 0 radical (unpaired) electrons. The number of hydrogen-bond donors (Lipinski definition) is 0. The van der Waals surface area contributed by atoms with Gasteiger partial charge in [-0.3, -0.25) is 20.2 Å². The van der Waals surface area contributed by atoms with Crippen molar-refractivity contribution < 1.29 is 18.6 Å². The van der Waals surface area contributed by atoms with Crippen LogP contribution in [0.15, 0.2) is 18.2 Å². The largest absolute Gasteiger partial charge is 0.276 e. The Bertz CT molecular complexity index is 389. The number of halogens is 2. The average Bonchev–Trinajstić information content (AvgIpc) is 2.16. The monoisotopic (exact) mass is 218 g/mol. The van der Waals surface area contributed by atoms with E-state index in [1.807, 2.05) is 0 Å². The lowest BCUT2D eigenvalue weighted by molar-refractivity contribution is -0.394. The van der Waals surface area contributed by atoms with E-state index in [1.54, 1.807) is 0 Å². The van der Waals surface area contributed by atoms with Crippen LogP contribution in [0.3, 0.4) is 0 Å². The highest BCUT2D eigenvalue weighted by molar-refractivity contribution is 5.46. The Hall–Kier alpha value is -2.12. The van der Waals surface area contributed by atoms with Crippen LogP contribution in [0, 0.1) is 20.2 Å². The van der Waals surface area contributed by atoms with Gasteiger partial charge in [0.2, 0.25) is 0 Å². The summed E-state index contributed by atoms with van der Waals surface area (Å²) in [7, 11) is 0. The highest BCUT2D eigenvalue weighted by atomic mass is 19.3. The molecule has 1 rings (SSSR count). The van der Waals surface area contributed by atoms with E-state index in [9.17, 15) is 29.0 Å². The summed E-state index contributed by atoms with van der Waals surface area (Å²) in [5.41, 5.74) is -2.19. The van der Waals surface area contributed by atoms with Gasteiger partial charge in [-0.1, -0.05) is 0 Å². The minimum atomic E-state index is -2.98. The molecule has 0 amide bonds. The Labute approximate surface area is 81.4 Å². The quantitative estimate of drug-likeness (QED) is 0.575. The molecular formula is C7H4F2N2O4. The van der Waals surface area contributed by atoms with E-state index in [4.69, 9.17) is 0 Å². The van der Waals surface area contributed by atoms with Crippen LogP contribution in [0.2, 0.25) is 0 Å².